The van der Waals surface area contributed by atoms with Gasteiger partial charge in [-0.3, -0.25) is 4.79 Å². The van der Waals surface area contributed by atoms with Crippen LogP contribution < -0.4 is 5.32 Å². The smallest absolute Gasteiger partial charge is 0.220 e. The van der Waals surface area contributed by atoms with Crippen LogP contribution in [0.5, 0.6) is 0 Å². The molecule has 1 amide bonds. The van der Waals surface area contributed by atoms with E-state index in [1.807, 2.05) is 0 Å². The summed E-state index contributed by atoms with van der Waals surface area (Å²) < 4.78 is 34.6. The molecule has 3 heterocycles. The SMILES string of the molecule is CC/C=C\C/C=C\C/C=C\C/C=C\C/C=C\C/C=C\C/C=C\C/C=C\C/C=C\C/C=C\C/C=C\CCCCCCCC(=O)NC(COC1OC(CO)C(OC2OC(CO)C(OC3OC(CO)C(O)C(O)C3O)C(O)C2O)C(O)C1O)C(O)CCCCCCCCCCCCCCCCCCCCCCCCCCCCCCCCCCC. The van der Waals surface area contributed by atoms with Gasteiger partial charge < -0.3 is 89.9 Å². The number of aliphatic hydroxyl groups excluding tert-OH is 11. The van der Waals surface area contributed by atoms with Gasteiger partial charge in [0.05, 0.1) is 38.6 Å². The number of nitrogens with one attached hydrogen (secondary N) is 1. The molecule has 0 aromatic heterocycles. The number of amides is 1. The second kappa shape index (κ2) is 75.7. The molecule has 117 heavy (non-hydrogen) atoms. The molecule has 0 aromatic rings. The fourth-order valence-corrected chi connectivity index (χ4v) is 15.1. The van der Waals surface area contributed by atoms with Gasteiger partial charge in [-0.05, 0) is 96.3 Å². The van der Waals surface area contributed by atoms with Gasteiger partial charge in [0.25, 0.3) is 0 Å². The largest absolute Gasteiger partial charge is 0.394 e. The van der Waals surface area contributed by atoms with Crippen molar-refractivity contribution in [1.82, 2.24) is 5.32 Å². The summed E-state index contributed by atoms with van der Waals surface area (Å²) in [6.45, 7) is 1.71. The van der Waals surface area contributed by atoms with E-state index < -0.39 is 124 Å². The van der Waals surface area contributed by atoms with Crippen LogP contribution in [-0.4, -0.2) is 193 Å². The average molecular weight is 1650 g/mol. The van der Waals surface area contributed by atoms with Crippen LogP contribution >= 0.6 is 0 Å². The predicted octanol–water partition coefficient (Wildman–Crippen LogP) is 18.7. The third-order valence-corrected chi connectivity index (χ3v) is 22.5. The van der Waals surface area contributed by atoms with Crippen molar-refractivity contribution in [3.05, 3.63) is 134 Å². The summed E-state index contributed by atoms with van der Waals surface area (Å²) in [4.78, 5) is 13.6. The van der Waals surface area contributed by atoms with E-state index >= 15 is 0 Å². The van der Waals surface area contributed by atoms with Crippen LogP contribution in [0.1, 0.15) is 348 Å². The summed E-state index contributed by atoms with van der Waals surface area (Å²) in [7, 11) is 0. The van der Waals surface area contributed by atoms with Gasteiger partial charge in [0.15, 0.2) is 18.9 Å². The topological polar surface area (TPSA) is 307 Å². The molecule has 0 radical (unpaired) electrons. The quantitative estimate of drug-likeness (QED) is 0.0199. The highest BCUT2D eigenvalue weighted by Gasteiger charge is 2.54. The van der Waals surface area contributed by atoms with Crippen LogP contribution in [0.25, 0.3) is 0 Å². The molecular weight excluding hydrogens is 1480 g/mol. The Morgan fingerprint density at radius 1 is 0.316 bits per heavy atom. The Kier molecular flexibility index (Phi) is 69.3. The van der Waals surface area contributed by atoms with Crippen molar-refractivity contribution < 1.29 is 89.4 Å². The van der Waals surface area contributed by atoms with Gasteiger partial charge in [-0.1, -0.05) is 379 Å². The highest BCUT2D eigenvalue weighted by molar-refractivity contribution is 5.76. The Hall–Kier alpha value is -4.07. The van der Waals surface area contributed by atoms with E-state index in [0.29, 0.717) is 12.8 Å². The molecule has 3 aliphatic rings. The normalized spacial score (nSPS) is 25.0. The van der Waals surface area contributed by atoms with Crippen molar-refractivity contribution in [3.8, 4) is 0 Å². The van der Waals surface area contributed by atoms with E-state index in [0.717, 1.165) is 128 Å². The Morgan fingerprint density at radius 3 is 0.923 bits per heavy atom. The minimum Gasteiger partial charge on any atom is -0.394 e. The summed E-state index contributed by atoms with van der Waals surface area (Å²) in [5, 5.41) is 121. The Bertz CT molecular complexity index is 2630. The molecule has 3 saturated heterocycles. The number of carbonyl (C=O) groups excluding carboxylic acids is 1. The standard InChI is InChI=1S/C98H169NO18/c1-3-5-7-9-11-13-15-17-19-21-23-25-27-29-31-33-35-37-38-39-40-41-42-44-46-48-50-52-54-56-58-60-62-64-66-68-70-72-74-76-86(104)99-81(82(103)75-73-71-69-67-65-63-61-59-57-55-53-51-49-47-45-43-36-34-32-30-28-26-24-22-20-18-16-14-12-10-8-6-4-2)80-112-96-92(110)89(107)94(84(78-101)114-96)117-98-93(111)90(108)95(85(79-102)115-98)116-97-91(109)88(106)87(105)83(77-100)113-97/h5,7,11,13,17,19,23,25,29,31,35,37,39-40,42,44,48,50,54,56,60,62,81-85,87-98,100-103,105-111H,3-4,6,8-10,12,14-16,18,20-22,24,26-28,30,32-34,36,38,41,43,45-47,49,51-53,55,57-59,61,63-80H2,1-2H3,(H,99,104)/b7-5-,13-11-,19-17-,25-23-,31-29-,37-35-,40-39-,44-42-,50-48-,56-54-,62-60-. The first-order valence-corrected chi connectivity index (χ1v) is 46.9. The molecule has 19 nitrogen and oxygen atoms in total. The Labute approximate surface area is 709 Å². The molecule has 674 valence electrons. The first-order valence-electron chi connectivity index (χ1n) is 46.9. The summed E-state index contributed by atoms with van der Waals surface area (Å²) in [5.41, 5.74) is 0. The van der Waals surface area contributed by atoms with Crippen molar-refractivity contribution in [2.75, 3.05) is 26.4 Å². The monoisotopic (exact) mass is 1650 g/mol. The molecule has 19 heteroatoms. The number of hydrogen-bond donors (Lipinski definition) is 12. The highest BCUT2D eigenvalue weighted by atomic mass is 16.8. The molecule has 0 aromatic carbocycles. The fourth-order valence-electron chi connectivity index (χ4n) is 15.1. The van der Waals surface area contributed by atoms with Crippen LogP contribution in [0.2, 0.25) is 0 Å². The summed E-state index contributed by atoms with van der Waals surface area (Å²) in [6.07, 6.45) is 82.7. The third-order valence-electron chi connectivity index (χ3n) is 22.5. The number of unbranched alkanes of at least 4 members (excludes halogenated alkanes) is 37. The fraction of sp³-hybridized carbons (Fsp3) is 0.765. The lowest BCUT2D eigenvalue weighted by molar-refractivity contribution is -0.379. The Morgan fingerprint density at radius 2 is 0.590 bits per heavy atom. The average Bonchev–Trinajstić information content (AvgIpc) is 0.777. The van der Waals surface area contributed by atoms with Crippen molar-refractivity contribution >= 4 is 5.91 Å². The first-order chi connectivity index (χ1) is 57.3. The summed E-state index contributed by atoms with van der Waals surface area (Å²) in [6, 6.07) is -0.911. The lowest BCUT2D eigenvalue weighted by atomic mass is 9.96. The van der Waals surface area contributed by atoms with E-state index in [9.17, 15) is 61.0 Å². The highest BCUT2D eigenvalue weighted by Crippen LogP contribution is 2.34. The van der Waals surface area contributed by atoms with Crippen molar-refractivity contribution in [1.29, 1.82) is 0 Å². The van der Waals surface area contributed by atoms with Gasteiger partial charge >= 0.3 is 0 Å². The van der Waals surface area contributed by atoms with Gasteiger partial charge in [0.2, 0.25) is 5.91 Å². The van der Waals surface area contributed by atoms with Crippen LogP contribution in [0.4, 0.5) is 0 Å². The second-order valence-corrected chi connectivity index (χ2v) is 32.7. The number of hydrogen-bond acceptors (Lipinski definition) is 18. The molecule has 3 fully saturated rings. The van der Waals surface area contributed by atoms with E-state index in [-0.39, 0.29) is 18.9 Å². The zero-order valence-corrected chi connectivity index (χ0v) is 72.9. The minimum absolute atomic E-state index is 0.236. The van der Waals surface area contributed by atoms with E-state index in [1.54, 1.807) is 0 Å². The number of rotatable bonds is 75. The molecule has 17 unspecified atom stereocenters. The first kappa shape index (κ1) is 107. The van der Waals surface area contributed by atoms with Crippen molar-refractivity contribution in [2.24, 2.45) is 0 Å². The van der Waals surface area contributed by atoms with Gasteiger partial charge in [-0.15, -0.1) is 0 Å². The summed E-state index contributed by atoms with van der Waals surface area (Å²) in [5.74, 6) is -0.262. The maximum absolute atomic E-state index is 13.6. The molecule has 0 bridgehead atoms. The van der Waals surface area contributed by atoms with E-state index in [1.165, 1.54) is 186 Å². The summed E-state index contributed by atoms with van der Waals surface area (Å²) >= 11 is 0. The maximum Gasteiger partial charge on any atom is 0.220 e. The molecule has 0 saturated carbocycles. The van der Waals surface area contributed by atoms with Crippen LogP contribution in [0.3, 0.4) is 0 Å². The molecule has 0 aliphatic carbocycles. The lowest BCUT2D eigenvalue weighted by Gasteiger charge is -2.48. The number of carbonyl (C=O) groups is 1. The number of ether oxygens (including phenoxy) is 6. The van der Waals surface area contributed by atoms with Crippen LogP contribution in [0.15, 0.2) is 134 Å². The molecule has 3 aliphatic heterocycles. The molecule has 3 rings (SSSR count). The van der Waals surface area contributed by atoms with Gasteiger partial charge in [0, 0.05) is 6.42 Å². The van der Waals surface area contributed by atoms with Gasteiger partial charge in [0.1, 0.15) is 73.2 Å². The van der Waals surface area contributed by atoms with Crippen molar-refractivity contribution in [2.45, 2.75) is 452 Å². The second-order valence-electron chi connectivity index (χ2n) is 32.7. The number of allylic oxidation sites excluding steroid dienone is 22. The zero-order chi connectivity index (χ0) is 84.5. The predicted molar refractivity (Wildman–Crippen MR) is 475 cm³/mol. The van der Waals surface area contributed by atoms with Crippen LogP contribution in [-0.2, 0) is 33.2 Å². The third kappa shape index (κ3) is 53.6. The Balaban J connectivity index is 1.33. The zero-order valence-electron chi connectivity index (χ0n) is 72.9. The van der Waals surface area contributed by atoms with Crippen LogP contribution in [0, 0.1) is 0 Å². The van der Waals surface area contributed by atoms with E-state index in [2.05, 4.69) is 153 Å². The molecule has 0 spiro atoms. The van der Waals surface area contributed by atoms with Gasteiger partial charge in [-0.2, -0.15) is 0 Å². The van der Waals surface area contributed by atoms with E-state index in [4.69, 9.17) is 28.4 Å². The molecular formula is C98H169NO18. The molecule has 12 N–H and O–H groups in total. The van der Waals surface area contributed by atoms with Gasteiger partial charge in [-0.25, -0.2) is 0 Å². The molecule has 17 atom stereocenters. The lowest BCUT2D eigenvalue weighted by Crippen LogP contribution is -2.66. The number of aliphatic hydroxyl groups is 11. The maximum atomic E-state index is 13.6. The minimum atomic E-state index is -1.98. The van der Waals surface area contributed by atoms with Crippen molar-refractivity contribution in [3.63, 3.8) is 0 Å².